The number of esters is 1. The number of carbonyl (C=O) groups is 10. The van der Waals surface area contributed by atoms with Crippen molar-refractivity contribution in [2.75, 3.05) is 46.1 Å². The van der Waals surface area contributed by atoms with Gasteiger partial charge in [-0.15, -0.1) is 0 Å². The number of benzene rings is 1. The first kappa shape index (κ1) is 56.2. The molecule has 4 unspecified atom stereocenters. The summed E-state index contributed by atoms with van der Waals surface area (Å²) < 4.78 is 30.0. The molecule has 3 aliphatic heterocycles. The Morgan fingerprint density at radius 1 is 0.890 bits per heavy atom. The zero-order valence-electron chi connectivity index (χ0n) is 39.8. The van der Waals surface area contributed by atoms with E-state index in [1.807, 2.05) is 6.92 Å². The second kappa shape index (κ2) is 25.2. The molecule has 7 rings (SSSR count). The van der Waals surface area contributed by atoms with Gasteiger partial charge in [0, 0.05) is 29.2 Å². The molecule has 0 saturated carbocycles. The summed E-state index contributed by atoms with van der Waals surface area (Å²) in [6.45, 7) is -0.200. The van der Waals surface area contributed by atoms with Gasteiger partial charge in [0.1, 0.15) is 12.4 Å². The SMILES string of the molecule is CCC1C(=O)OCc2c1cc1n(c2=O)Cc2c-1nc1cc(F)c(C)c3c1c2C(NC(=O)COCNC(=O)CNC(=O)C([CH2][Pb])NC(=O)CNC(=O)CNC(=O)C(CNCC(=O)O)N1C(=O)C=CC1=O)CC3.[CH3][Pb]. The second-order valence-electron chi connectivity index (χ2n) is 16.8. The molecule has 1 aliphatic carbocycles. The van der Waals surface area contributed by atoms with Crippen molar-refractivity contribution < 1.29 is 66.9 Å². The molecule has 73 heavy (non-hydrogen) atoms. The zero-order valence-corrected chi connectivity index (χ0v) is 47.6. The zero-order chi connectivity index (χ0) is 53.3. The number of aliphatic carboxylic acids is 1. The minimum absolute atomic E-state index is 0.130. The molecule has 5 heterocycles. The van der Waals surface area contributed by atoms with E-state index in [0.717, 1.165) is 17.7 Å². The molecule has 8 amide bonds. The number of cyclic esters (lactones) is 1. The quantitative estimate of drug-likeness (QED) is 0.0137. The van der Waals surface area contributed by atoms with Crippen LogP contribution in [-0.4, -0.2) is 188 Å². The Balaban J connectivity index is 0.00000429. The van der Waals surface area contributed by atoms with Crippen molar-refractivity contribution in [2.45, 2.75) is 78.8 Å². The first-order valence-electron chi connectivity index (χ1n) is 22.9. The van der Waals surface area contributed by atoms with Crippen LogP contribution in [0.1, 0.15) is 65.1 Å². The van der Waals surface area contributed by atoms with Crippen molar-refractivity contribution in [3.05, 3.63) is 73.8 Å². The third kappa shape index (κ3) is 12.8. The van der Waals surface area contributed by atoms with Gasteiger partial charge in [0.05, 0.1) is 47.5 Å². The van der Waals surface area contributed by atoms with Gasteiger partial charge >= 0.3 is 229 Å². The summed E-state index contributed by atoms with van der Waals surface area (Å²) in [5, 5.41) is 26.8. The summed E-state index contributed by atoms with van der Waals surface area (Å²) in [7, 11) is 0. The Morgan fingerprint density at radius 3 is 2.23 bits per heavy atom. The van der Waals surface area contributed by atoms with Crippen molar-refractivity contribution in [1.29, 1.82) is 0 Å². The number of fused-ring (bicyclic) bond motifs is 5. The van der Waals surface area contributed by atoms with E-state index in [-0.39, 0.29) is 22.7 Å². The van der Waals surface area contributed by atoms with Crippen LogP contribution in [0.4, 0.5) is 4.39 Å². The molecule has 0 bridgehead atoms. The Hall–Kier alpha value is -6.09. The molecular weight excluding hydrogens is 1350 g/mol. The summed E-state index contributed by atoms with van der Waals surface area (Å²) in [5.74, 6) is -8.83. The molecular formula is C46H51FN10O14Pb2. The normalized spacial score (nSPS) is 16.7. The number of pyridine rings is 2. The minimum atomic E-state index is -1.48. The van der Waals surface area contributed by atoms with Crippen molar-refractivity contribution in [3.8, 4) is 11.4 Å². The summed E-state index contributed by atoms with van der Waals surface area (Å²) in [6, 6.07) is 0.00594. The number of hydrogen-bond acceptors (Lipinski definition) is 15. The molecule has 24 nitrogen and oxygen atoms in total. The molecule has 4 atom stereocenters. The molecule has 6 radical (unpaired) electrons. The number of aryl methyl sites for hydroxylation is 1. The second-order valence-corrected chi connectivity index (χ2v) is 18.4. The molecule has 384 valence electrons. The van der Waals surface area contributed by atoms with Gasteiger partial charge < -0.3 is 19.7 Å². The van der Waals surface area contributed by atoms with E-state index in [9.17, 15) is 52.7 Å². The third-order valence-electron chi connectivity index (χ3n) is 12.4. The monoisotopic (exact) mass is 1400 g/mol. The average Bonchev–Trinajstić information content (AvgIpc) is 3.91. The van der Waals surface area contributed by atoms with Gasteiger partial charge in [-0.3, -0.25) is 24.0 Å². The molecule has 4 aliphatic rings. The Morgan fingerprint density at radius 2 is 1.56 bits per heavy atom. The molecule has 8 N–H and O–H groups in total. The van der Waals surface area contributed by atoms with Gasteiger partial charge in [0.25, 0.3) is 17.4 Å². The molecule has 3 aromatic rings. The number of carboxylic acids is 1. The maximum absolute atomic E-state index is 15.3. The first-order chi connectivity index (χ1) is 34.9. The van der Waals surface area contributed by atoms with Crippen LogP contribution in [0.25, 0.3) is 22.3 Å². The van der Waals surface area contributed by atoms with Crippen LogP contribution in [0.3, 0.4) is 0 Å². The Bertz CT molecular complexity index is 2860. The topological polar surface area (TPSA) is 332 Å². The van der Waals surface area contributed by atoms with Crippen LogP contribution in [0, 0.1) is 12.7 Å². The van der Waals surface area contributed by atoms with Crippen LogP contribution >= 0.6 is 0 Å². The number of ether oxygens (including phenoxy) is 2. The maximum atomic E-state index is 15.3. The molecule has 0 fully saturated rings. The third-order valence-corrected chi connectivity index (χ3v) is 13.9. The summed E-state index contributed by atoms with van der Waals surface area (Å²) in [5.41, 5.74) is 4.56. The van der Waals surface area contributed by atoms with E-state index in [1.54, 1.807) is 17.6 Å². The van der Waals surface area contributed by atoms with Gasteiger partial charge in [0.2, 0.25) is 0 Å². The average molecular weight is 1400 g/mol. The number of nitrogens with zero attached hydrogens (tertiary/aromatic N) is 3. The van der Waals surface area contributed by atoms with E-state index in [0.29, 0.717) is 100 Å². The molecule has 0 saturated heterocycles. The van der Waals surface area contributed by atoms with Crippen molar-refractivity contribution in [3.63, 3.8) is 0 Å². The first-order valence-corrected chi connectivity index (χ1v) is 29.5. The van der Waals surface area contributed by atoms with Crippen LogP contribution in [0.2, 0.25) is 8.46 Å². The number of nitrogens with one attached hydrogen (secondary N) is 7. The summed E-state index contributed by atoms with van der Waals surface area (Å²) in [4.78, 5) is 144. The van der Waals surface area contributed by atoms with Gasteiger partial charge in [-0.05, 0) is 54.5 Å². The standard InChI is InChI=1S/C45H48FN10O14.CH3.2Pb/c1-4-22-24-9-30-41-25(16-55(30)44(67)26(24)17-70-45(22)68)40-28(6-5-23-20(2)27(46)10-29(54-41)39(23)40)53-35(60)18-69-19-51-33(58)13-49-42(65)21(3)52-34(59)14-48-32(57)12-50-43(66)31(11-47-15-38(63)64)56-36(61)7-8-37(56)62;;;/h7-10,21-22,28,31,47H,3-6,11-19H2,1-2H3,(H,48,57)(H,49,65)(H,50,66)(H,51,58)(H,52,59)(H,53,60)(H,63,64);1H3;;. The van der Waals surface area contributed by atoms with E-state index in [1.165, 1.54) is 31.8 Å². The molecule has 1 aromatic carbocycles. The van der Waals surface area contributed by atoms with Crippen LogP contribution in [-0.2, 0) is 77.0 Å². The van der Waals surface area contributed by atoms with Crippen LogP contribution < -0.4 is 42.8 Å². The molecule has 27 heteroatoms. The predicted molar refractivity (Wildman–Crippen MR) is 255 cm³/mol. The van der Waals surface area contributed by atoms with E-state index in [4.69, 9.17) is 19.6 Å². The number of carboxylic acid groups (broad SMARTS) is 1. The number of halogens is 1. The van der Waals surface area contributed by atoms with E-state index < -0.39 is 135 Å². The number of aromatic nitrogens is 2. The Kier molecular flexibility index (Phi) is 19.4. The number of carbonyl (C=O) groups excluding carboxylic acids is 9. The summed E-state index contributed by atoms with van der Waals surface area (Å²) in [6.07, 6.45) is 3.12. The van der Waals surface area contributed by atoms with E-state index >= 15 is 4.39 Å². The Labute approximate surface area is 447 Å². The van der Waals surface area contributed by atoms with Gasteiger partial charge in [-0.2, -0.15) is 0 Å². The van der Waals surface area contributed by atoms with Crippen molar-refractivity contribution in [1.82, 2.24) is 51.7 Å². The fourth-order valence-corrected chi connectivity index (χ4v) is 10.0. The van der Waals surface area contributed by atoms with Gasteiger partial charge in [-0.1, -0.05) is 6.92 Å². The van der Waals surface area contributed by atoms with Crippen molar-refractivity contribution >= 4 is 122 Å². The van der Waals surface area contributed by atoms with Crippen LogP contribution in [0.15, 0.2) is 29.1 Å². The number of imide groups is 1. The van der Waals surface area contributed by atoms with E-state index in [2.05, 4.69) is 41.7 Å². The number of hydrogen-bond donors (Lipinski definition) is 8. The van der Waals surface area contributed by atoms with Crippen molar-refractivity contribution in [2.24, 2.45) is 0 Å². The molecule has 0 spiro atoms. The summed E-state index contributed by atoms with van der Waals surface area (Å²) >= 11 is 1.75. The fourth-order valence-electron chi connectivity index (χ4n) is 8.90. The predicted octanol–water partition coefficient (Wildman–Crippen LogP) is -2.79. The number of amides is 8. The molecule has 2 aromatic heterocycles. The van der Waals surface area contributed by atoms with Gasteiger partial charge in [0.15, 0.2) is 0 Å². The van der Waals surface area contributed by atoms with Crippen LogP contribution in [0.5, 0.6) is 0 Å². The fraction of sp³-hybridized carbons (Fsp3) is 0.435. The number of rotatable bonds is 21. The van der Waals surface area contributed by atoms with Gasteiger partial charge in [-0.25, -0.2) is 9.37 Å².